The van der Waals surface area contributed by atoms with Gasteiger partial charge in [0.15, 0.2) is 0 Å². The van der Waals surface area contributed by atoms with E-state index in [2.05, 4.69) is 5.32 Å². The molecule has 2 rings (SSSR count). The van der Waals surface area contributed by atoms with Crippen LogP contribution in [0.25, 0.3) is 0 Å². The normalized spacial score (nSPS) is 20.5. The Labute approximate surface area is 106 Å². The van der Waals surface area contributed by atoms with Gasteiger partial charge in [0.1, 0.15) is 5.75 Å². The molecule has 1 unspecified atom stereocenters. The van der Waals surface area contributed by atoms with E-state index in [-0.39, 0.29) is 11.2 Å². The molecule has 4 heteroatoms. The Bertz CT molecular complexity index is 395. The highest BCUT2D eigenvalue weighted by Gasteiger charge is 2.21. The van der Waals surface area contributed by atoms with Crippen molar-refractivity contribution >= 4 is 17.7 Å². The van der Waals surface area contributed by atoms with Crippen LogP contribution in [0.2, 0.25) is 0 Å². The molecule has 17 heavy (non-hydrogen) atoms. The van der Waals surface area contributed by atoms with E-state index in [0.29, 0.717) is 0 Å². The van der Waals surface area contributed by atoms with E-state index < -0.39 is 0 Å². The van der Waals surface area contributed by atoms with E-state index in [1.807, 2.05) is 24.3 Å². The first-order valence-corrected chi connectivity index (χ1v) is 6.76. The Morgan fingerprint density at radius 1 is 1.41 bits per heavy atom. The van der Waals surface area contributed by atoms with Crippen LogP contribution in [0.3, 0.4) is 0 Å². The van der Waals surface area contributed by atoms with Crippen LogP contribution in [-0.4, -0.2) is 24.8 Å². The van der Waals surface area contributed by atoms with Gasteiger partial charge < -0.3 is 10.1 Å². The lowest BCUT2D eigenvalue weighted by Gasteiger charge is -2.13. The molecule has 1 aromatic rings. The molecule has 1 amide bonds. The van der Waals surface area contributed by atoms with Gasteiger partial charge in [-0.15, -0.1) is 11.8 Å². The molecule has 1 aliphatic rings. The SMILES string of the molecule is COc1cccc(SC2CCCCNC2=O)c1. The van der Waals surface area contributed by atoms with Gasteiger partial charge in [-0.05, 0) is 31.0 Å². The van der Waals surface area contributed by atoms with E-state index >= 15 is 0 Å². The summed E-state index contributed by atoms with van der Waals surface area (Å²) in [6.07, 6.45) is 3.15. The van der Waals surface area contributed by atoms with Crippen molar-refractivity contribution in [3.8, 4) is 5.75 Å². The van der Waals surface area contributed by atoms with Crippen LogP contribution in [0.5, 0.6) is 5.75 Å². The molecule has 92 valence electrons. The molecule has 1 fully saturated rings. The molecule has 0 spiro atoms. The fourth-order valence-corrected chi connectivity index (χ4v) is 3.01. The van der Waals surface area contributed by atoms with Crippen LogP contribution in [0.1, 0.15) is 19.3 Å². The van der Waals surface area contributed by atoms with Gasteiger partial charge in [-0.3, -0.25) is 4.79 Å². The minimum Gasteiger partial charge on any atom is -0.497 e. The van der Waals surface area contributed by atoms with Gasteiger partial charge in [0.05, 0.1) is 12.4 Å². The number of carbonyl (C=O) groups is 1. The summed E-state index contributed by atoms with van der Waals surface area (Å²) in [4.78, 5) is 12.9. The number of benzene rings is 1. The average molecular weight is 251 g/mol. The number of ether oxygens (including phenoxy) is 1. The molecule has 1 saturated heterocycles. The maximum Gasteiger partial charge on any atom is 0.233 e. The third-order valence-corrected chi connectivity index (χ3v) is 4.06. The Morgan fingerprint density at radius 3 is 3.12 bits per heavy atom. The molecule has 1 atom stereocenters. The van der Waals surface area contributed by atoms with Gasteiger partial charge in [0.25, 0.3) is 0 Å². The first kappa shape index (κ1) is 12.3. The maximum absolute atomic E-state index is 11.8. The van der Waals surface area contributed by atoms with Crippen molar-refractivity contribution in [2.45, 2.75) is 29.4 Å². The third-order valence-electron chi connectivity index (χ3n) is 2.80. The summed E-state index contributed by atoms with van der Waals surface area (Å²) < 4.78 is 5.18. The van der Waals surface area contributed by atoms with E-state index in [4.69, 9.17) is 4.74 Å². The molecular formula is C13H17NO2S. The Hall–Kier alpha value is -1.16. The van der Waals surface area contributed by atoms with Crippen molar-refractivity contribution in [2.24, 2.45) is 0 Å². The zero-order chi connectivity index (χ0) is 12.1. The van der Waals surface area contributed by atoms with Gasteiger partial charge in [-0.2, -0.15) is 0 Å². The van der Waals surface area contributed by atoms with E-state index in [0.717, 1.165) is 36.5 Å². The van der Waals surface area contributed by atoms with Crippen molar-refractivity contribution < 1.29 is 9.53 Å². The maximum atomic E-state index is 11.8. The molecule has 0 saturated carbocycles. The van der Waals surface area contributed by atoms with Crippen molar-refractivity contribution in [2.75, 3.05) is 13.7 Å². The summed E-state index contributed by atoms with van der Waals surface area (Å²) in [5.74, 6) is 0.999. The second-order valence-corrected chi connectivity index (χ2v) is 5.35. The number of carbonyl (C=O) groups excluding carboxylic acids is 1. The Morgan fingerprint density at radius 2 is 2.29 bits per heavy atom. The summed E-state index contributed by atoms with van der Waals surface area (Å²) in [5.41, 5.74) is 0. The third kappa shape index (κ3) is 3.40. The quantitative estimate of drug-likeness (QED) is 0.896. The fourth-order valence-electron chi connectivity index (χ4n) is 1.86. The van der Waals surface area contributed by atoms with Crippen molar-refractivity contribution in [1.82, 2.24) is 5.32 Å². The number of hydrogen-bond donors (Lipinski definition) is 1. The first-order chi connectivity index (χ1) is 8.29. The number of amides is 1. The first-order valence-electron chi connectivity index (χ1n) is 5.88. The molecule has 3 nitrogen and oxygen atoms in total. The smallest absolute Gasteiger partial charge is 0.233 e. The second kappa shape index (κ2) is 5.96. The second-order valence-electron chi connectivity index (χ2n) is 4.07. The lowest BCUT2D eigenvalue weighted by molar-refractivity contribution is -0.120. The lowest BCUT2D eigenvalue weighted by Crippen LogP contribution is -2.30. The minimum atomic E-state index is 0.0320. The van der Waals surface area contributed by atoms with Gasteiger partial charge in [-0.1, -0.05) is 12.5 Å². The number of thioether (sulfide) groups is 1. The summed E-state index contributed by atoms with van der Waals surface area (Å²) in [6.45, 7) is 0.813. The van der Waals surface area contributed by atoms with Crippen molar-refractivity contribution in [3.05, 3.63) is 24.3 Å². The molecule has 1 aromatic carbocycles. The van der Waals surface area contributed by atoms with E-state index in [9.17, 15) is 4.79 Å². The van der Waals surface area contributed by atoms with Crippen molar-refractivity contribution in [3.63, 3.8) is 0 Å². The average Bonchev–Trinajstić information content (AvgIpc) is 2.55. The van der Waals surface area contributed by atoms with Crippen LogP contribution in [-0.2, 0) is 4.79 Å². The lowest BCUT2D eigenvalue weighted by atomic mass is 10.2. The van der Waals surface area contributed by atoms with Crippen LogP contribution >= 0.6 is 11.8 Å². The molecular weight excluding hydrogens is 234 g/mol. The predicted molar refractivity (Wildman–Crippen MR) is 69.5 cm³/mol. The molecule has 0 radical (unpaired) electrons. The monoisotopic (exact) mass is 251 g/mol. The van der Waals surface area contributed by atoms with Crippen LogP contribution in [0, 0.1) is 0 Å². The largest absolute Gasteiger partial charge is 0.497 e. The zero-order valence-electron chi connectivity index (χ0n) is 9.94. The van der Waals surface area contributed by atoms with Gasteiger partial charge in [-0.25, -0.2) is 0 Å². The molecule has 0 aliphatic carbocycles. The number of rotatable bonds is 3. The molecule has 1 heterocycles. The molecule has 1 N–H and O–H groups in total. The summed E-state index contributed by atoms with van der Waals surface area (Å²) in [5, 5.41) is 2.98. The predicted octanol–water partition coefficient (Wildman–Crippen LogP) is 2.46. The highest BCUT2D eigenvalue weighted by molar-refractivity contribution is 8.00. The summed E-state index contributed by atoms with van der Waals surface area (Å²) >= 11 is 1.62. The van der Waals surface area contributed by atoms with Gasteiger partial charge in [0.2, 0.25) is 5.91 Å². The minimum absolute atomic E-state index is 0.0320. The molecule has 1 aliphatic heterocycles. The van der Waals surface area contributed by atoms with Crippen LogP contribution < -0.4 is 10.1 Å². The highest BCUT2D eigenvalue weighted by atomic mass is 32.2. The van der Waals surface area contributed by atoms with E-state index in [1.165, 1.54) is 0 Å². The Kier molecular flexibility index (Phi) is 4.31. The van der Waals surface area contributed by atoms with Gasteiger partial charge >= 0.3 is 0 Å². The van der Waals surface area contributed by atoms with E-state index in [1.54, 1.807) is 18.9 Å². The van der Waals surface area contributed by atoms with Crippen LogP contribution in [0.15, 0.2) is 29.2 Å². The zero-order valence-corrected chi connectivity index (χ0v) is 10.8. The number of hydrogen-bond acceptors (Lipinski definition) is 3. The number of methoxy groups -OCH3 is 1. The van der Waals surface area contributed by atoms with Gasteiger partial charge in [0, 0.05) is 11.4 Å². The fraction of sp³-hybridized carbons (Fsp3) is 0.462. The highest BCUT2D eigenvalue weighted by Crippen LogP contribution is 2.30. The molecule has 0 bridgehead atoms. The summed E-state index contributed by atoms with van der Waals surface area (Å²) in [7, 11) is 1.65. The standard InChI is InChI=1S/C13H17NO2S/c1-16-10-5-4-6-11(9-10)17-12-7-2-3-8-14-13(12)15/h4-6,9,12H,2-3,7-8H2,1H3,(H,14,15). The Balaban J connectivity index is 2.05. The number of nitrogens with one attached hydrogen (secondary N) is 1. The van der Waals surface area contributed by atoms with Crippen molar-refractivity contribution in [1.29, 1.82) is 0 Å². The molecule has 0 aromatic heterocycles. The topological polar surface area (TPSA) is 38.3 Å². The van der Waals surface area contributed by atoms with Crippen LogP contribution in [0.4, 0.5) is 0 Å². The summed E-state index contributed by atoms with van der Waals surface area (Å²) in [6, 6.07) is 7.86.